The molecule has 0 aromatic heterocycles. The molecule has 0 radical (unpaired) electrons. The normalized spacial score (nSPS) is 10.0. The highest BCUT2D eigenvalue weighted by Gasteiger charge is 2.10. The number of benzene rings is 1. The number of thioether (sulfide) groups is 1. The summed E-state index contributed by atoms with van der Waals surface area (Å²) in [6.45, 7) is 4.05. The Hall–Kier alpha value is -1.29. The molecule has 0 fully saturated rings. The Kier molecular flexibility index (Phi) is 5.77. The van der Waals surface area contributed by atoms with Gasteiger partial charge in [0.1, 0.15) is 6.42 Å². The largest absolute Gasteiger partial charge is 0.466 e. The van der Waals surface area contributed by atoms with Gasteiger partial charge < -0.3 is 4.74 Å². The van der Waals surface area contributed by atoms with Crippen molar-refractivity contribution in [2.24, 2.45) is 0 Å². The van der Waals surface area contributed by atoms with E-state index in [0.717, 1.165) is 10.5 Å². The van der Waals surface area contributed by atoms with Crippen LogP contribution in [-0.4, -0.2) is 24.1 Å². The van der Waals surface area contributed by atoms with E-state index in [0.29, 0.717) is 12.4 Å². The summed E-state index contributed by atoms with van der Waals surface area (Å²) in [6, 6.07) is 7.93. The minimum Gasteiger partial charge on any atom is -0.466 e. The van der Waals surface area contributed by atoms with Gasteiger partial charge in [0.05, 0.1) is 12.4 Å². The average molecular weight is 252 g/mol. The lowest BCUT2D eigenvalue weighted by atomic mass is 10.2. The zero-order chi connectivity index (χ0) is 12.7. The van der Waals surface area contributed by atoms with Gasteiger partial charge in [-0.25, -0.2) is 0 Å². The van der Waals surface area contributed by atoms with E-state index in [9.17, 15) is 9.59 Å². The maximum atomic E-state index is 11.5. The first-order chi connectivity index (χ1) is 8.11. The Morgan fingerprint density at radius 3 is 2.76 bits per heavy atom. The van der Waals surface area contributed by atoms with Gasteiger partial charge in [0.25, 0.3) is 0 Å². The van der Waals surface area contributed by atoms with Gasteiger partial charge in [0.2, 0.25) is 0 Å². The summed E-state index contributed by atoms with van der Waals surface area (Å²) < 4.78 is 4.71. The summed E-state index contributed by atoms with van der Waals surface area (Å²) in [5.41, 5.74) is 1.16. The van der Waals surface area contributed by atoms with Crippen molar-refractivity contribution in [1.29, 1.82) is 0 Å². The van der Waals surface area contributed by atoms with Crippen molar-refractivity contribution in [2.75, 3.05) is 12.4 Å². The van der Waals surface area contributed by atoms with Crippen LogP contribution in [0.3, 0.4) is 0 Å². The summed E-state index contributed by atoms with van der Waals surface area (Å²) in [5, 5.41) is 0. The highest BCUT2D eigenvalue weighted by atomic mass is 32.2. The van der Waals surface area contributed by atoms with Gasteiger partial charge in [-0.3, -0.25) is 9.59 Å². The van der Waals surface area contributed by atoms with E-state index in [4.69, 9.17) is 4.74 Å². The molecule has 0 atom stereocenters. The van der Waals surface area contributed by atoms with Crippen LogP contribution >= 0.6 is 11.8 Å². The van der Waals surface area contributed by atoms with Crippen molar-refractivity contribution in [3.63, 3.8) is 0 Å². The Labute approximate surface area is 106 Å². The number of rotatable bonds is 6. The first-order valence-corrected chi connectivity index (χ1v) is 6.47. The van der Waals surface area contributed by atoms with Gasteiger partial charge in [-0.2, -0.15) is 0 Å². The van der Waals surface area contributed by atoms with Crippen molar-refractivity contribution in [2.45, 2.75) is 25.2 Å². The summed E-state index contributed by atoms with van der Waals surface area (Å²) >= 11 is 1.45. The summed E-state index contributed by atoms with van der Waals surface area (Å²) in [7, 11) is 0. The monoisotopic (exact) mass is 252 g/mol. The molecule has 0 unspecified atom stereocenters. The lowest BCUT2D eigenvalue weighted by Crippen LogP contribution is -2.12. The lowest BCUT2D eigenvalue weighted by molar-refractivity contribution is -0.145. The van der Waals surface area contributed by atoms with E-state index in [-0.39, 0.29) is 12.2 Å². The van der Waals surface area contributed by atoms with Crippen LogP contribution < -0.4 is 0 Å². The quantitative estimate of drug-likeness (QED) is 0.443. The molecule has 92 valence electrons. The van der Waals surface area contributed by atoms with Crippen molar-refractivity contribution >= 4 is 23.5 Å². The minimum atomic E-state index is -0.442. The van der Waals surface area contributed by atoms with Crippen LogP contribution in [0.25, 0.3) is 0 Å². The molecule has 0 bridgehead atoms. The predicted octanol–water partition coefficient (Wildman–Crippen LogP) is 2.61. The number of esters is 1. The van der Waals surface area contributed by atoms with Crippen LogP contribution in [0.15, 0.2) is 29.2 Å². The Balaban J connectivity index is 2.35. The molecule has 1 rings (SSSR count). The molecule has 0 amide bonds. The van der Waals surface area contributed by atoms with Crippen molar-refractivity contribution < 1.29 is 14.3 Å². The van der Waals surface area contributed by atoms with Gasteiger partial charge >= 0.3 is 5.97 Å². The van der Waals surface area contributed by atoms with Gasteiger partial charge in [0, 0.05) is 4.90 Å². The molecular weight excluding hydrogens is 236 g/mol. The predicted molar refractivity (Wildman–Crippen MR) is 68.2 cm³/mol. The molecule has 3 nitrogen and oxygen atoms in total. The van der Waals surface area contributed by atoms with E-state index < -0.39 is 5.97 Å². The van der Waals surface area contributed by atoms with E-state index in [2.05, 4.69) is 0 Å². The molecule has 0 spiro atoms. The Morgan fingerprint density at radius 2 is 2.12 bits per heavy atom. The fourth-order valence-electron chi connectivity index (χ4n) is 1.29. The maximum absolute atomic E-state index is 11.5. The van der Waals surface area contributed by atoms with Crippen molar-refractivity contribution in [3.8, 4) is 0 Å². The van der Waals surface area contributed by atoms with Crippen LogP contribution in [0.4, 0.5) is 0 Å². The molecule has 0 saturated heterocycles. The Morgan fingerprint density at radius 1 is 1.35 bits per heavy atom. The standard InChI is InChI=1S/C13H16O3S/c1-3-16-13(15)8-11(14)9-17-12-6-4-5-10(2)7-12/h4-7H,3,8-9H2,1-2H3. The van der Waals surface area contributed by atoms with E-state index in [1.54, 1.807) is 6.92 Å². The van der Waals surface area contributed by atoms with Crippen LogP contribution in [0.5, 0.6) is 0 Å². The van der Waals surface area contributed by atoms with E-state index in [1.165, 1.54) is 11.8 Å². The minimum absolute atomic E-state index is 0.102. The highest BCUT2D eigenvalue weighted by molar-refractivity contribution is 8.00. The second kappa shape index (κ2) is 7.12. The molecule has 0 aliphatic heterocycles. The smallest absolute Gasteiger partial charge is 0.313 e. The van der Waals surface area contributed by atoms with Gasteiger partial charge in [-0.15, -0.1) is 11.8 Å². The topological polar surface area (TPSA) is 43.4 Å². The van der Waals surface area contributed by atoms with Crippen molar-refractivity contribution in [3.05, 3.63) is 29.8 Å². The zero-order valence-electron chi connectivity index (χ0n) is 10.1. The zero-order valence-corrected chi connectivity index (χ0v) is 10.9. The number of Topliss-reactive ketones (excluding diaryl/α,β-unsaturated/α-hetero) is 1. The second-order valence-corrected chi connectivity index (χ2v) is 4.67. The number of carbonyl (C=O) groups excluding carboxylic acids is 2. The van der Waals surface area contributed by atoms with Crippen LogP contribution in [0.2, 0.25) is 0 Å². The number of hydrogen-bond donors (Lipinski definition) is 0. The van der Waals surface area contributed by atoms with E-state index in [1.807, 2.05) is 31.2 Å². The lowest BCUT2D eigenvalue weighted by Gasteiger charge is -2.02. The first-order valence-electron chi connectivity index (χ1n) is 5.48. The van der Waals surface area contributed by atoms with Gasteiger partial charge in [0.15, 0.2) is 5.78 Å². The SMILES string of the molecule is CCOC(=O)CC(=O)CSc1cccc(C)c1. The first kappa shape index (κ1) is 13.8. The molecule has 0 aliphatic carbocycles. The fraction of sp³-hybridized carbons (Fsp3) is 0.385. The van der Waals surface area contributed by atoms with Crippen LogP contribution in [-0.2, 0) is 14.3 Å². The molecule has 0 N–H and O–H groups in total. The summed E-state index contributed by atoms with van der Waals surface area (Å²) in [5.74, 6) is -0.236. The van der Waals surface area contributed by atoms with E-state index >= 15 is 0 Å². The third-order valence-electron chi connectivity index (χ3n) is 2.04. The fourth-order valence-corrected chi connectivity index (χ4v) is 2.17. The molecule has 1 aromatic carbocycles. The third kappa shape index (κ3) is 5.54. The number of hydrogen-bond acceptors (Lipinski definition) is 4. The average Bonchev–Trinajstić information content (AvgIpc) is 2.27. The molecule has 0 saturated carbocycles. The number of aryl methyl sites for hydroxylation is 1. The third-order valence-corrected chi connectivity index (χ3v) is 3.09. The summed E-state index contributed by atoms with van der Waals surface area (Å²) in [6.07, 6.45) is -0.132. The molecule has 17 heavy (non-hydrogen) atoms. The highest BCUT2D eigenvalue weighted by Crippen LogP contribution is 2.19. The van der Waals surface area contributed by atoms with Crippen molar-refractivity contribution in [1.82, 2.24) is 0 Å². The number of carbonyl (C=O) groups is 2. The van der Waals surface area contributed by atoms with Crippen LogP contribution in [0, 0.1) is 6.92 Å². The molecule has 4 heteroatoms. The molecule has 0 aliphatic rings. The Bertz CT molecular complexity index is 401. The number of ether oxygens (including phenoxy) is 1. The van der Waals surface area contributed by atoms with Crippen LogP contribution in [0.1, 0.15) is 18.9 Å². The van der Waals surface area contributed by atoms with Gasteiger partial charge in [-0.05, 0) is 26.0 Å². The summed E-state index contributed by atoms with van der Waals surface area (Å²) in [4.78, 5) is 23.6. The second-order valence-electron chi connectivity index (χ2n) is 3.63. The van der Waals surface area contributed by atoms with Gasteiger partial charge in [-0.1, -0.05) is 17.7 Å². The molecule has 0 heterocycles. The molecule has 1 aromatic rings. The molecular formula is C13H16O3S. The maximum Gasteiger partial charge on any atom is 0.313 e. The number of ketones is 1.